The van der Waals surface area contributed by atoms with Gasteiger partial charge in [0.15, 0.2) is 0 Å². The number of sulfonamides is 1. The van der Waals surface area contributed by atoms with E-state index in [1.165, 1.54) is 15.3 Å². The first-order valence-corrected chi connectivity index (χ1v) is 11.7. The molecule has 0 spiro atoms. The second-order valence-electron chi connectivity index (χ2n) is 7.52. The number of rotatable bonds is 6. The number of carbonyl (C=O) groups is 2. The summed E-state index contributed by atoms with van der Waals surface area (Å²) in [4.78, 5) is 25.9. The summed E-state index contributed by atoms with van der Waals surface area (Å²) in [6.07, 6.45) is 2.71. The average Bonchev–Trinajstić information content (AvgIpc) is 2.79. The molecule has 31 heavy (non-hydrogen) atoms. The lowest BCUT2D eigenvalue weighted by Gasteiger charge is -2.27. The van der Waals surface area contributed by atoms with Gasteiger partial charge in [0.05, 0.1) is 5.69 Å². The Labute approximate surface area is 183 Å². The molecule has 2 aromatic rings. The fourth-order valence-electron chi connectivity index (χ4n) is 3.50. The summed E-state index contributed by atoms with van der Waals surface area (Å²) in [5, 5.41) is 5.29. The van der Waals surface area contributed by atoms with E-state index in [4.69, 9.17) is 0 Å². The fourth-order valence-corrected chi connectivity index (χ4v) is 5.17. The zero-order valence-corrected chi connectivity index (χ0v) is 18.6. The SMILES string of the molecule is CNC(=O)c1ccc(CN(C)C(=O)Nc2ccccc2S(=O)(=O)N2CCCCC2)cc1. The molecule has 1 saturated heterocycles. The van der Waals surface area contributed by atoms with Crippen LogP contribution in [0.4, 0.5) is 10.5 Å². The van der Waals surface area contributed by atoms with Gasteiger partial charge in [0.25, 0.3) is 5.91 Å². The molecule has 1 fully saturated rings. The molecule has 0 aromatic heterocycles. The molecular formula is C22H28N4O4S. The van der Waals surface area contributed by atoms with Crippen molar-refractivity contribution in [2.75, 3.05) is 32.5 Å². The largest absolute Gasteiger partial charge is 0.355 e. The minimum Gasteiger partial charge on any atom is -0.355 e. The third-order valence-corrected chi connectivity index (χ3v) is 7.23. The van der Waals surface area contributed by atoms with Crippen LogP contribution in [0.15, 0.2) is 53.4 Å². The van der Waals surface area contributed by atoms with Gasteiger partial charge in [0.2, 0.25) is 10.0 Å². The van der Waals surface area contributed by atoms with Crippen molar-refractivity contribution < 1.29 is 18.0 Å². The van der Waals surface area contributed by atoms with Crippen LogP contribution in [0, 0.1) is 0 Å². The third kappa shape index (κ3) is 5.42. The molecular weight excluding hydrogens is 416 g/mol. The van der Waals surface area contributed by atoms with E-state index in [9.17, 15) is 18.0 Å². The van der Waals surface area contributed by atoms with Crippen molar-refractivity contribution in [3.8, 4) is 0 Å². The van der Waals surface area contributed by atoms with Crippen molar-refractivity contribution in [1.82, 2.24) is 14.5 Å². The van der Waals surface area contributed by atoms with Gasteiger partial charge < -0.3 is 15.5 Å². The van der Waals surface area contributed by atoms with Crippen LogP contribution in [0.3, 0.4) is 0 Å². The van der Waals surface area contributed by atoms with E-state index < -0.39 is 16.1 Å². The highest BCUT2D eigenvalue weighted by atomic mass is 32.2. The van der Waals surface area contributed by atoms with E-state index >= 15 is 0 Å². The maximum atomic E-state index is 13.1. The highest BCUT2D eigenvalue weighted by Gasteiger charge is 2.28. The van der Waals surface area contributed by atoms with Gasteiger partial charge in [0.1, 0.15) is 4.90 Å². The van der Waals surface area contributed by atoms with Gasteiger partial charge in [-0.05, 0) is 42.7 Å². The summed E-state index contributed by atoms with van der Waals surface area (Å²) in [6, 6.07) is 13.0. The molecule has 3 rings (SSSR count). The van der Waals surface area contributed by atoms with Gasteiger partial charge in [-0.1, -0.05) is 30.7 Å². The molecule has 1 aliphatic heterocycles. The maximum Gasteiger partial charge on any atom is 0.321 e. The molecule has 0 saturated carbocycles. The Balaban J connectivity index is 1.71. The number of nitrogens with one attached hydrogen (secondary N) is 2. The highest BCUT2D eigenvalue weighted by Crippen LogP contribution is 2.27. The highest BCUT2D eigenvalue weighted by molar-refractivity contribution is 7.89. The van der Waals surface area contributed by atoms with Crippen LogP contribution in [0.25, 0.3) is 0 Å². The second kappa shape index (κ2) is 9.93. The Morgan fingerprint density at radius 2 is 1.65 bits per heavy atom. The van der Waals surface area contributed by atoms with Crippen LogP contribution in [0.2, 0.25) is 0 Å². The average molecular weight is 445 g/mol. The Hall–Kier alpha value is -2.91. The molecule has 3 amide bonds. The molecule has 2 N–H and O–H groups in total. The summed E-state index contributed by atoms with van der Waals surface area (Å²) < 4.78 is 27.7. The quantitative estimate of drug-likeness (QED) is 0.716. The lowest BCUT2D eigenvalue weighted by atomic mass is 10.1. The van der Waals surface area contributed by atoms with Crippen LogP contribution in [-0.2, 0) is 16.6 Å². The molecule has 9 heteroatoms. The number of hydrogen-bond donors (Lipinski definition) is 2. The van der Waals surface area contributed by atoms with Crippen LogP contribution >= 0.6 is 0 Å². The topological polar surface area (TPSA) is 98.8 Å². The van der Waals surface area contributed by atoms with E-state index in [0.29, 0.717) is 25.2 Å². The Bertz CT molecular complexity index is 1030. The molecule has 2 aromatic carbocycles. The van der Waals surface area contributed by atoms with E-state index in [2.05, 4.69) is 10.6 Å². The summed E-state index contributed by atoms with van der Waals surface area (Å²) in [5.41, 5.74) is 1.65. The number of urea groups is 1. The molecule has 0 bridgehead atoms. The summed E-state index contributed by atoms with van der Waals surface area (Å²) in [7, 11) is -0.480. The summed E-state index contributed by atoms with van der Waals surface area (Å²) in [6.45, 7) is 1.30. The number of nitrogens with zero attached hydrogens (tertiary/aromatic N) is 2. The number of piperidine rings is 1. The van der Waals surface area contributed by atoms with Crippen molar-refractivity contribution in [3.05, 3.63) is 59.7 Å². The van der Waals surface area contributed by atoms with Gasteiger partial charge in [-0.15, -0.1) is 0 Å². The fraction of sp³-hybridized carbons (Fsp3) is 0.364. The molecule has 1 aliphatic rings. The second-order valence-corrected chi connectivity index (χ2v) is 9.43. The minimum absolute atomic E-state index is 0.105. The first-order chi connectivity index (χ1) is 14.8. The van der Waals surface area contributed by atoms with Gasteiger partial charge in [-0.3, -0.25) is 4.79 Å². The van der Waals surface area contributed by atoms with E-state index in [1.807, 2.05) is 0 Å². The molecule has 0 aliphatic carbocycles. The van der Waals surface area contributed by atoms with Crippen molar-refractivity contribution in [1.29, 1.82) is 0 Å². The minimum atomic E-state index is -3.68. The number of hydrogen-bond acceptors (Lipinski definition) is 4. The normalized spacial score (nSPS) is 14.6. The third-order valence-electron chi connectivity index (χ3n) is 5.27. The van der Waals surface area contributed by atoms with Gasteiger partial charge >= 0.3 is 6.03 Å². The van der Waals surface area contributed by atoms with Crippen LogP contribution in [-0.4, -0.2) is 56.7 Å². The number of anilines is 1. The first kappa shape index (κ1) is 22.8. The van der Waals surface area contributed by atoms with Crippen molar-refractivity contribution in [3.63, 3.8) is 0 Å². The molecule has 0 radical (unpaired) electrons. The Kier molecular flexibility index (Phi) is 7.29. The summed E-state index contributed by atoms with van der Waals surface area (Å²) >= 11 is 0. The Morgan fingerprint density at radius 1 is 1.00 bits per heavy atom. The smallest absolute Gasteiger partial charge is 0.321 e. The molecule has 166 valence electrons. The molecule has 8 nitrogen and oxygen atoms in total. The van der Waals surface area contributed by atoms with Crippen LogP contribution in [0.5, 0.6) is 0 Å². The van der Waals surface area contributed by atoms with Crippen molar-refractivity contribution in [2.45, 2.75) is 30.7 Å². The van der Waals surface area contributed by atoms with Gasteiger partial charge in [-0.2, -0.15) is 4.31 Å². The molecule has 1 heterocycles. The standard InChI is InChI=1S/C22H28N4O4S/c1-23-21(27)18-12-10-17(11-13-18)16-25(2)22(28)24-19-8-4-5-9-20(19)31(29,30)26-14-6-3-7-15-26/h4-5,8-13H,3,6-7,14-16H2,1-2H3,(H,23,27)(H,24,28). The number of amides is 3. The predicted molar refractivity (Wildman–Crippen MR) is 119 cm³/mol. The maximum absolute atomic E-state index is 13.1. The van der Waals surface area contributed by atoms with Gasteiger partial charge in [0, 0.05) is 39.3 Å². The molecule has 0 unspecified atom stereocenters. The Morgan fingerprint density at radius 3 is 2.29 bits per heavy atom. The van der Waals surface area contributed by atoms with Gasteiger partial charge in [-0.25, -0.2) is 13.2 Å². The zero-order valence-electron chi connectivity index (χ0n) is 17.8. The monoisotopic (exact) mass is 444 g/mol. The van der Waals surface area contributed by atoms with Crippen LogP contribution < -0.4 is 10.6 Å². The predicted octanol–water partition coefficient (Wildman–Crippen LogP) is 2.88. The lowest BCUT2D eigenvalue weighted by molar-refractivity contribution is 0.0963. The lowest BCUT2D eigenvalue weighted by Crippen LogP contribution is -2.36. The number of para-hydroxylation sites is 1. The van der Waals surface area contributed by atoms with Crippen molar-refractivity contribution in [2.24, 2.45) is 0 Å². The van der Waals surface area contributed by atoms with Crippen LogP contribution in [0.1, 0.15) is 35.2 Å². The van der Waals surface area contributed by atoms with E-state index in [1.54, 1.807) is 56.6 Å². The first-order valence-electron chi connectivity index (χ1n) is 10.3. The van der Waals surface area contributed by atoms with Crippen molar-refractivity contribution >= 4 is 27.6 Å². The zero-order chi connectivity index (χ0) is 22.4. The van der Waals surface area contributed by atoms with E-state index in [0.717, 1.165) is 24.8 Å². The summed E-state index contributed by atoms with van der Waals surface area (Å²) in [5.74, 6) is -0.177. The number of carbonyl (C=O) groups excluding carboxylic acids is 2. The molecule has 0 atom stereocenters. The van der Waals surface area contributed by atoms with E-state index in [-0.39, 0.29) is 16.5 Å². The number of benzene rings is 2.